The van der Waals surface area contributed by atoms with E-state index < -0.39 is 4.92 Å². The second-order valence-corrected chi connectivity index (χ2v) is 6.43. The van der Waals surface area contributed by atoms with E-state index in [1.54, 1.807) is 23.5 Å². The second-order valence-electron chi connectivity index (χ2n) is 5.55. The van der Waals surface area contributed by atoms with Crippen LogP contribution in [0.4, 0.5) is 11.4 Å². The molecule has 128 valence electrons. The van der Waals surface area contributed by atoms with Crippen molar-refractivity contribution in [3.05, 3.63) is 82.0 Å². The standard InChI is InChI=1S/C18H12N4O3S/c23-17(13-3-7-15(8-4-13)22(24)25)19-14-5-1-12(2-6-14)16-11-21-9-10-26-18(21)20-16/h1-11H,(H,19,23). The van der Waals surface area contributed by atoms with Gasteiger partial charge in [0.15, 0.2) is 4.96 Å². The number of anilines is 1. The summed E-state index contributed by atoms with van der Waals surface area (Å²) in [7, 11) is 0. The summed E-state index contributed by atoms with van der Waals surface area (Å²) in [6.45, 7) is 0. The van der Waals surface area contributed by atoms with E-state index in [2.05, 4.69) is 10.3 Å². The van der Waals surface area contributed by atoms with Crippen LogP contribution in [0, 0.1) is 10.1 Å². The van der Waals surface area contributed by atoms with E-state index in [9.17, 15) is 14.9 Å². The van der Waals surface area contributed by atoms with E-state index in [1.165, 1.54) is 24.3 Å². The smallest absolute Gasteiger partial charge is 0.269 e. The Hall–Kier alpha value is -3.52. The Morgan fingerprint density at radius 2 is 1.85 bits per heavy atom. The van der Waals surface area contributed by atoms with Crippen molar-refractivity contribution in [3.8, 4) is 11.3 Å². The van der Waals surface area contributed by atoms with Crippen LogP contribution in [-0.4, -0.2) is 20.2 Å². The van der Waals surface area contributed by atoms with Gasteiger partial charge in [-0.2, -0.15) is 0 Å². The molecule has 26 heavy (non-hydrogen) atoms. The molecule has 0 unspecified atom stereocenters. The van der Waals surface area contributed by atoms with Crippen molar-refractivity contribution >= 4 is 33.6 Å². The zero-order valence-corrected chi connectivity index (χ0v) is 14.1. The van der Waals surface area contributed by atoms with Crippen LogP contribution in [0.1, 0.15) is 10.4 Å². The molecule has 1 N–H and O–H groups in total. The lowest BCUT2D eigenvalue weighted by Gasteiger charge is -2.06. The van der Waals surface area contributed by atoms with E-state index >= 15 is 0 Å². The minimum atomic E-state index is -0.500. The summed E-state index contributed by atoms with van der Waals surface area (Å²) in [5.74, 6) is -0.324. The number of imidazole rings is 1. The number of benzene rings is 2. The van der Waals surface area contributed by atoms with Gasteiger partial charge >= 0.3 is 0 Å². The van der Waals surface area contributed by atoms with Crippen LogP contribution in [0.25, 0.3) is 16.2 Å². The third kappa shape index (κ3) is 3.05. The first-order valence-corrected chi connectivity index (χ1v) is 8.56. The number of thiazole rings is 1. The zero-order chi connectivity index (χ0) is 18.1. The molecule has 0 spiro atoms. The molecule has 0 aliphatic rings. The van der Waals surface area contributed by atoms with Crippen LogP contribution in [0.5, 0.6) is 0 Å². The van der Waals surface area contributed by atoms with Crippen LogP contribution < -0.4 is 5.32 Å². The van der Waals surface area contributed by atoms with Gasteiger partial charge in [0.25, 0.3) is 11.6 Å². The summed E-state index contributed by atoms with van der Waals surface area (Å²) in [5.41, 5.74) is 2.76. The number of nitro benzene ring substituents is 1. The highest BCUT2D eigenvalue weighted by atomic mass is 32.1. The monoisotopic (exact) mass is 364 g/mol. The number of nitro groups is 1. The predicted octanol–water partition coefficient (Wildman–Crippen LogP) is 4.22. The van der Waals surface area contributed by atoms with Crippen molar-refractivity contribution in [1.82, 2.24) is 9.38 Å². The van der Waals surface area contributed by atoms with Gasteiger partial charge in [0.05, 0.1) is 10.6 Å². The molecule has 2 aromatic heterocycles. The van der Waals surface area contributed by atoms with Crippen LogP contribution in [0.3, 0.4) is 0 Å². The highest BCUT2D eigenvalue weighted by Gasteiger charge is 2.10. The maximum atomic E-state index is 12.2. The lowest BCUT2D eigenvalue weighted by atomic mass is 10.1. The van der Waals surface area contributed by atoms with E-state index in [0.29, 0.717) is 11.3 Å². The Balaban J connectivity index is 1.49. The first-order chi connectivity index (χ1) is 12.6. The minimum Gasteiger partial charge on any atom is -0.322 e. The zero-order valence-electron chi connectivity index (χ0n) is 13.3. The molecule has 0 saturated carbocycles. The van der Waals surface area contributed by atoms with Crippen LogP contribution in [-0.2, 0) is 0 Å². The maximum Gasteiger partial charge on any atom is 0.269 e. The highest BCUT2D eigenvalue weighted by Crippen LogP contribution is 2.23. The average molecular weight is 364 g/mol. The number of hydrogen-bond donors (Lipinski definition) is 1. The van der Waals surface area contributed by atoms with Crippen LogP contribution in [0.15, 0.2) is 66.3 Å². The Labute approximate surface area is 151 Å². The van der Waals surface area contributed by atoms with Gasteiger partial charge in [-0.3, -0.25) is 19.3 Å². The van der Waals surface area contributed by atoms with E-state index in [1.807, 2.05) is 34.3 Å². The fourth-order valence-electron chi connectivity index (χ4n) is 2.53. The van der Waals surface area contributed by atoms with E-state index in [-0.39, 0.29) is 11.6 Å². The first-order valence-electron chi connectivity index (χ1n) is 7.68. The number of rotatable bonds is 4. The highest BCUT2D eigenvalue weighted by molar-refractivity contribution is 7.15. The van der Waals surface area contributed by atoms with E-state index in [0.717, 1.165) is 16.2 Å². The van der Waals surface area contributed by atoms with Crippen molar-refractivity contribution in [1.29, 1.82) is 0 Å². The van der Waals surface area contributed by atoms with Gasteiger partial charge in [-0.1, -0.05) is 12.1 Å². The van der Waals surface area contributed by atoms with Gasteiger partial charge < -0.3 is 5.32 Å². The molecule has 4 aromatic rings. The van der Waals surface area contributed by atoms with Gasteiger partial charge in [0.1, 0.15) is 0 Å². The molecule has 2 aromatic carbocycles. The summed E-state index contributed by atoms with van der Waals surface area (Å²) >= 11 is 1.57. The Bertz CT molecular complexity index is 1070. The molecule has 0 aliphatic carbocycles. The molecule has 0 bridgehead atoms. The molecule has 0 saturated heterocycles. The van der Waals surface area contributed by atoms with Crippen LogP contribution in [0.2, 0.25) is 0 Å². The molecular weight excluding hydrogens is 352 g/mol. The fourth-order valence-corrected chi connectivity index (χ4v) is 3.23. The molecule has 4 rings (SSSR count). The van der Waals surface area contributed by atoms with Crippen molar-refractivity contribution < 1.29 is 9.72 Å². The number of fused-ring (bicyclic) bond motifs is 1. The normalized spacial score (nSPS) is 10.8. The predicted molar refractivity (Wildman–Crippen MR) is 99.6 cm³/mol. The number of hydrogen-bond acceptors (Lipinski definition) is 5. The average Bonchev–Trinajstić information content (AvgIpc) is 3.24. The third-order valence-corrected chi connectivity index (χ3v) is 4.64. The van der Waals surface area contributed by atoms with Crippen molar-refractivity contribution in [2.75, 3.05) is 5.32 Å². The molecule has 0 radical (unpaired) electrons. The van der Waals surface area contributed by atoms with Gasteiger partial charge in [-0.05, 0) is 24.3 Å². The molecule has 2 heterocycles. The fraction of sp³-hybridized carbons (Fsp3) is 0. The number of aromatic nitrogens is 2. The molecule has 0 fully saturated rings. The second kappa shape index (κ2) is 6.41. The molecule has 0 atom stereocenters. The van der Waals surface area contributed by atoms with Crippen molar-refractivity contribution in [3.63, 3.8) is 0 Å². The lowest BCUT2D eigenvalue weighted by Crippen LogP contribution is -2.11. The van der Waals surface area contributed by atoms with E-state index in [4.69, 9.17) is 0 Å². The number of carbonyl (C=O) groups excluding carboxylic acids is 1. The molecular formula is C18H12N4O3S. The van der Waals surface area contributed by atoms with Crippen molar-refractivity contribution in [2.45, 2.75) is 0 Å². The lowest BCUT2D eigenvalue weighted by molar-refractivity contribution is -0.384. The number of amides is 1. The summed E-state index contributed by atoms with van der Waals surface area (Å²) in [6, 6.07) is 12.8. The van der Waals surface area contributed by atoms with Gasteiger partial charge in [0, 0.05) is 46.7 Å². The summed E-state index contributed by atoms with van der Waals surface area (Å²) in [4.78, 5) is 27.9. The number of non-ortho nitro benzene ring substituents is 1. The van der Waals surface area contributed by atoms with Crippen LogP contribution >= 0.6 is 11.3 Å². The number of nitrogens with zero attached hydrogens (tertiary/aromatic N) is 3. The van der Waals surface area contributed by atoms with Gasteiger partial charge in [0.2, 0.25) is 0 Å². The summed E-state index contributed by atoms with van der Waals surface area (Å²) < 4.78 is 1.96. The minimum absolute atomic E-state index is 0.0501. The summed E-state index contributed by atoms with van der Waals surface area (Å²) in [5, 5.41) is 15.4. The maximum absolute atomic E-state index is 12.2. The molecule has 8 heteroatoms. The third-order valence-electron chi connectivity index (χ3n) is 3.87. The number of carbonyl (C=O) groups is 1. The SMILES string of the molecule is O=C(Nc1ccc(-c2cn3ccsc3n2)cc1)c1ccc([N+](=O)[O-])cc1. The largest absolute Gasteiger partial charge is 0.322 e. The van der Waals surface area contributed by atoms with Gasteiger partial charge in [-0.15, -0.1) is 11.3 Å². The topological polar surface area (TPSA) is 89.5 Å². The molecule has 7 nitrogen and oxygen atoms in total. The Morgan fingerprint density at radius 3 is 2.50 bits per heavy atom. The Kier molecular flexibility index (Phi) is 3.94. The van der Waals surface area contributed by atoms with Gasteiger partial charge in [-0.25, -0.2) is 4.98 Å². The Morgan fingerprint density at radius 1 is 1.12 bits per heavy atom. The quantitative estimate of drug-likeness (QED) is 0.433. The number of nitrogens with one attached hydrogen (secondary N) is 1. The van der Waals surface area contributed by atoms with Crippen molar-refractivity contribution in [2.24, 2.45) is 0 Å². The summed E-state index contributed by atoms with van der Waals surface area (Å²) in [6.07, 6.45) is 3.91. The molecule has 1 amide bonds. The molecule has 0 aliphatic heterocycles. The first kappa shape index (κ1) is 16.0.